The van der Waals surface area contributed by atoms with Gasteiger partial charge in [-0.25, -0.2) is 4.79 Å². The summed E-state index contributed by atoms with van der Waals surface area (Å²) in [4.78, 5) is 24.4. The Balaban J connectivity index is 1.41. The van der Waals surface area contributed by atoms with Crippen molar-refractivity contribution in [2.45, 2.75) is 37.4 Å². The minimum absolute atomic E-state index is 0.154. The maximum atomic E-state index is 12.4. The molecule has 4 rings (SSSR count). The Kier molecular flexibility index (Phi) is 6.00. The topological polar surface area (TPSA) is 99.2 Å². The van der Waals surface area contributed by atoms with Gasteiger partial charge in [-0.05, 0) is 43.3 Å². The molecule has 152 valence electrons. The van der Waals surface area contributed by atoms with E-state index >= 15 is 0 Å². The van der Waals surface area contributed by atoms with E-state index in [1.54, 1.807) is 24.6 Å². The Labute approximate surface area is 175 Å². The number of nitrogens with zero attached hydrogens (tertiary/aromatic N) is 3. The highest BCUT2D eigenvalue weighted by atomic mass is 32.2. The van der Waals surface area contributed by atoms with E-state index in [0.29, 0.717) is 28.2 Å². The molecule has 3 aromatic heterocycles. The van der Waals surface area contributed by atoms with Crippen molar-refractivity contribution in [3.8, 4) is 0 Å². The Morgan fingerprint density at radius 3 is 2.97 bits per heavy atom. The summed E-state index contributed by atoms with van der Waals surface area (Å²) >= 11 is 2.60. The summed E-state index contributed by atoms with van der Waals surface area (Å²) in [5.41, 5.74) is 0.368. The molecule has 3 heterocycles. The lowest BCUT2D eigenvalue weighted by molar-refractivity contribution is -0.113. The molecule has 1 saturated carbocycles. The van der Waals surface area contributed by atoms with Crippen LogP contribution in [0.1, 0.15) is 47.6 Å². The summed E-state index contributed by atoms with van der Waals surface area (Å²) < 4.78 is 12.5. The molecule has 0 radical (unpaired) electrons. The number of furan rings is 1. The molecule has 10 heteroatoms. The van der Waals surface area contributed by atoms with Gasteiger partial charge in [0.2, 0.25) is 5.91 Å². The van der Waals surface area contributed by atoms with Gasteiger partial charge in [0.25, 0.3) is 0 Å². The van der Waals surface area contributed by atoms with Gasteiger partial charge in [0, 0.05) is 5.92 Å². The van der Waals surface area contributed by atoms with E-state index in [9.17, 15) is 9.59 Å². The fourth-order valence-electron chi connectivity index (χ4n) is 2.83. The maximum absolute atomic E-state index is 12.4. The number of amides is 1. The Bertz CT molecular complexity index is 992. The Morgan fingerprint density at radius 1 is 1.38 bits per heavy atom. The van der Waals surface area contributed by atoms with Crippen LogP contribution < -0.4 is 5.32 Å². The summed E-state index contributed by atoms with van der Waals surface area (Å²) in [6.45, 7) is 2.56. The van der Waals surface area contributed by atoms with Crippen LogP contribution in [0.5, 0.6) is 0 Å². The first-order valence-corrected chi connectivity index (χ1v) is 11.1. The first kappa shape index (κ1) is 19.7. The van der Waals surface area contributed by atoms with Gasteiger partial charge < -0.3 is 14.5 Å². The highest BCUT2D eigenvalue weighted by Crippen LogP contribution is 2.40. The summed E-state index contributed by atoms with van der Waals surface area (Å²) in [5, 5.41) is 14.3. The molecule has 0 unspecified atom stereocenters. The van der Waals surface area contributed by atoms with Gasteiger partial charge in [0.1, 0.15) is 16.6 Å². The van der Waals surface area contributed by atoms with Gasteiger partial charge in [-0.1, -0.05) is 11.8 Å². The quantitative estimate of drug-likeness (QED) is 0.406. The van der Waals surface area contributed by atoms with Gasteiger partial charge in [0.15, 0.2) is 5.16 Å². The predicted molar refractivity (Wildman–Crippen MR) is 109 cm³/mol. The third-order valence-corrected chi connectivity index (χ3v) is 6.12. The van der Waals surface area contributed by atoms with Crippen LogP contribution >= 0.6 is 23.1 Å². The van der Waals surface area contributed by atoms with E-state index < -0.39 is 5.97 Å². The molecule has 0 aromatic carbocycles. The second-order valence-corrected chi connectivity index (χ2v) is 8.36. The second kappa shape index (κ2) is 8.83. The third-order valence-electron chi connectivity index (χ3n) is 4.33. The molecule has 1 fully saturated rings. The molecule has 8 nitrogen and oxygen atoms in total. The number of aromatic nitrogens is 3. The van der Waals surface area contributed by atoms with Crippen molar-refractivity contribution >= 4 is 40.0 Å². The lowest BCUT2D eigenvalue weighted by Crippen LogP contribution is -2.16. The molecule has 0 aliphatic heterocycles. The van der Waals surface area contributed by atoms with Crippen LogP contribution in [0, 0.1) is 0 Å². The molecule has 1 amide bonds. The largest absolute Gasteiger partial charge is 0.467 e. The zero-order valence-electron chi connectivity index (χ0n) is 15.8. The zero-order valence-corrected chi connectivity index (χ0v) is 17.4. The lowest BCUT2D eigenvalue weighted by Gasteiger charge is -2.09. The number of carbonyl (C=O) groups is 2. The average molecular weight is 433 g/mol. The standard InChI is InChI=1S/C19H20N4O4S2/c1-2-26-18(25)14-7-9-28-17(14)20-15(24)11-29-19-22-21-16(12-5-6-12)23(19)10-13-4-3-8-27-13/h3-4,7-9,12H,2,5-6,10-11H2,1H3,(H,20,24). The first-order valence-electron chi connectivity index (χ1n) is 9.28. The number of esters is 1. The van der Waals surface area contributed by atoms with Gasteiger partial charge in [0.05, 0.1) is 30.7 Å². The maximum Gasteiger partial charge on any atom is 0.341 e. The fraction of sp³-hybridized carbons (Fsp3) is 0.368. The van der Waals surface area contributed by atoms with Gasteiger partial charge >= 0.3 is 5.97 Å². The van der Waals surface area contributed by atoms with Crippen LogP contribution in [0.2, 0.25) is 0 Å². The first-order chi connectivity index (χ1) is 14.2. The number of hydrogen-bond acceptors (Lipinski definition) is 8. The molecule has 0 bridgehead atoms. The molecule has 0 atom stereocenters. The van der Waals surface area contributed by atoms with E-state index in [0.717, 1.165) is 24.4 Å². The molecule has 3 aromatic rings. The lowest BCUT2D eigenvalue weighted by atomic mass is 10.3. The third kappa shape index (κ3) is 4.70. The number of hydrogen-bond donors (Lipinski definition) is 1. The number of rotatable bonds is 9. The summed E-state index contributed by atoms with van der Waals surface area (Å²) in [6.07, 6.45) is 3.85. The van der Waals surface area contributed by atoms with E-state index in [1.165, 1.54) is 23.1 Å². The molecule has 0 saturated heterocycles. The molecular formula is C19H20N4O4S2. The average Bonchev–Trinajstić information content (AvgIpc) is 3.09. The van der Waals surface area contributed by atoms with Crippen molar-refractivity contribution in [2.75, 3.05) is 17.7 Å². The van der Waals surface area contributed by atoms with Crippen molar-refractivity contribution in [3.05, 3.63) is 47.0 Å². The number of ether oxygens (including phenoxy) is 1. The molecule has 1 N–H and O–H groups in total. The number of thioether (sulfide) groups is 1. The van der Waals surface area contributed by atoms with Crippen LogP contribution in [0.3, 0.4) is 0 Å². The van der Waals surface area contributed by atoms with Crippen LogP contribution in [-0.4, -0.2) is 39.0 Å². The van der Waals surface area contributed by atoms with E-state index in [2.05, 4.69) is 15.5 Å². The van der Waals surface area contributed by atoms with Crippen LogP contribution in [0.25, 0.3) is 0 Å². The summed E-state index contributed by atoms with van der Waals surface area (Å²) in [7, 11) is 0. The van der Waals surface area contributed by atoms with E-state index in [-0.39, 0.29) is 18.3 Å². The number of nitrogens with one attached hydrogen (secondary N) is 1. The van der Waals surface area contributed by atoms with E-state index in [4.69, 9.17) is 9.15 Å². The monoisotopic (exact) mass is 432 g/mol. The van der Waals surface area contributed by atoms with Gasteiger partial charge in [-0.15, -0.1) is 21.5 Å². The Morgan fingerprint density at radius 2 is 2.24 bits per heavy atom. The fourth-order valence-corrected chi connectivity index (χ4v) is 4.36. The molecule has 1 aliphatic carbocycles. The van der Waals surface area contributed by atoms with E-state index in [1.807, 2.05) is 16.7 Å². The van der Waals surface area contributed by atoms with Crippen molar-refractivity contribution in [1.82, 2.24) is 14.8 Å². The number of thiophene rings is 1. The number of carbonyl (C=O) groups excluding carboxylic acids is 2. The second-order valence-electron chi connectivity index (χ2n) is 6.50. The van der Waals surface area contributed by atoms with Gasteiger partial charge in [-0.3, -0.25) is 9.36 Å². The van der Waals surface area contributed by atoms with Crippen molar-refractivity contribution in [3.63, 3.8) is 0 Å². The highest BCUT2D eigenvalue weighted by Gasteiger charge is 2.31. The summed E-state index contributed by atoms with van der Waals surface area (Å²) in [5.74, 6) is 1.68. The van der Waals surface area contributed by atoms with Crippen molar-refractivity contribution in [1.29, 1.82) is 0 Å². The molecule has 29 heavy (non-hydrogen) atoms. The summed E-state index contributed by atoms with van der Waals surface area (Å²) in [6, 6.07) is 5.40. The molecule has 0 spiro atoms. The van der Waals surface area contributed by atoms with Crippen LogP contribution in [0.4, 0.5) is 5.00 Å². The van der Waals surface area contributed by atoms with Crippen LogP contribution in [0.15, 0.2) is 39.4 Å². The zero-order chi connectivity index (χ0) is 20.2. The SMILES string of the molecule is CCOC(=O)c1ccsc1NC(=O)CSc1nnc(C2CC2)n1Cc1ccco1. The highest BCUT2D eigenvalue weighted by molar-refractivity contribution is 7.99. The minimum atomic E-state index is -0.441. The number of anilines is 1. The molecular weight excluding hydrogens is 412 g/mol. The smallest absolute Gasteiger partial charge is 0.341 e. The molecule has 1 aliphatic rings. The normalized spacial score (nSPS) is 13.4. The minimum Gasteiger partial charge on any atom is -0.467 e. The van der Waals surface area contributed by atoms with Gasteiger partial charge in [-0.2, -0.15) is 0 Å². The Hall–Kier alpha value is -2.59. The van der Waals surface area contributed by atoms with Crippen molar-refractivity contribution < 1.29 is 18.7 Å². The van der Waals surface area contributed by atoms with Crippen LogP contribution in [-0.2, 0) is 16.1 Å². The predicted octanol–water partition coefficient (Wildman–Crippen LogP) is 3.77. The van der Waals surface area contributed by atoms with Crippen molar-refractivity contribution in [2.24, 2.45) is 0 Å².